The number of methoxy groups -OCH3 is 1. The standard InChI is InChI=1S/C15H24N2O4S/c1-4-15(18)16-10-12-17(22(3,19)20)11-9-13-7-5-6-8-14(13)21-2/h5-8H,4,9-12H2,1-3H3,(H,16,18). The summed E-state index contributed by atoms with van der Waals surface area (Å²) in [6, 6.07) is 7.53. The average Bonchev–Trinajstić information content (AvgIpc) is 2.49. The molecule has 0 spiro atoms. The zero-order valence-corrected chi connectivity index (χ0v) is 14.1. The smallest absolute Gasteiger partial charge is 0.219 e. The van der Waals surface area contributed by atoms with Gasteiger partial charge in [-0.2, -0.15) is 0 Å². The largest absolute Gasteiger partial charge is 0.496 e. The molecule has 0 aliphatic carbocycles. The van der Waals surface area contributed by atoms with Crippen LogP contribution in [0.2, 0.25) is 0 Å². The van der Waals surface area contributed by atoms with E-state index in [1.54, 1.807) is 14.0 Å². The third-order valence-electron chi connectivity index (χ3n) is 3.30. The number of sulfonamides is 1. The maximum Gasteiger partial charge on any atom is 0.219 e. The zero-order valence-electron chi connectivity index (χ0n) is 13.3. The van der Waals surface area contributed by atoms with E-state index in [2.05, 4.69) is 5.32 Å². The molecular weight excluding hydrogens is 304 g/mol. The van der Waals surface area contributed by atoms with E-state index in [0.717, 1.165) is 11.3 Å². The number of nitrogens with one attached hydrogen (secondary N) is 1. The Morgan fingerprint density at radius 1 is 1.27 bits per heavy atom. The van der Waals surface area contributed by atoms with Gasteiger partial charge in [-0.1, -0.05) is 25.1 Å². The molecule has 0 aromatic heterocycles. The van der Waals surface area contributed by atoms with Gasteiger partial charge in [0.25, 0.3) is 0 Å². The lowest BCUT2D eigenvalue weighted by Gasteiger charge is -2.20. The Morgan fingerprint density at radius 3 is 2.55 bits per heavy atom. The summed E-state index contributed by atoms with van der Waals surface area (Å²) < 4.78 is 30.3. The molecule has 1 N–H and O–H groups in total. The third kappa shape index (κ3) is 6.03. The van der Waals surface area contributed by atoms with Crippen molar-refractivity contribution >= 4 is 15.9 Å². The number of ether oxygens (including phenoxy) is 1. The fourth-order valence-corrected chi connectivity index (χ4v) is 2.89. The Hall–Kier alpha value is -1.60. The van der Waals surface area contributed by atoms with Crippen LogP contribution in [0.5, 0.6) is 5.75 Å². The Kier molecular flexibility index (Phi) is 7.34. The monoisotopic (exact) mass is 328 g/mol. The van der Waals surface area contributed by atoms with Crippen molar-refractivity contribution in [2.24, 2.45) is 0 Å². The van der Waals surface area contributed by atoms with Crippen LogP contribution < -0.4 is 10.1 Å². The molecule has 1 aromatic rings. The van der Waals surface area contributed by atoms with E-state index >= 15 is 0 Å². The van der Waals surface area contributed by atoms with Crippen LogP contribution in [0.3, 0.4) is 0 Å². The van der Waals surface area contributed by atoms with Gasteiger partial charge in [0.1, 0.15) is 5.75 Å². The van der Waals surface area contributed by atoms with Crippen molar-refractivity contribution in [2.75, 3.05) is 33.0 Å². The number of nitrogens with zero attached hydrogens (tertiary/aromatic N) is 1. The summed E-state index contributed by atoms with van der Waals surface area (Å²) in [6.45, 7) is 2.68. The summed E-state index contributed by atoms with van der Waals surface area (Å²) in [5, 5.41) is 2.69. The van der Waals surface area contributed by atoms with Crippen molar-refractivity contribution in [1.29, 1.82) is 0 Å². The number of hydrogen-bond acceptors (Lipinski definition) is 4. The predicted molar refractivity (Wildman–Crippen MR) is 86.4 cm³/mol. The average molecular weight is 328 g/mol. The topological polar surface area (TPSA) is 75.7 Å². The Balaban J connectivity index is 2.64. The number of carbonyl (C=O) groups is 1. The number of rotatable bonds is 9. The van der Waals surface area contributed by atoms with Crippen molar-refractivity contribution < 1.29 is 17.9 Å². The van der Waals surface area contributed by atoms with E-state index in [9.17, 15) is 13.2 Å². The van der Waals surface area contributed by atoms with Crippen LogP contribution in [0.15, 0.2) is 24.3 Å². The van der Waals surface area contributed by atoms with E-state index in [4.69, 9.17) is 4.74 Å². The molecule has 124 valence electrons. The van der Waals surface area contributed by atoms with Crippen LogP contribution in [0, 0.1) is 0 Å². The number of hydrogen-bond donors (Lipinski definition) is 1. The van der Waals surface area contributed by atoms with Gasteiger partial charge in [-0.3, -0.25) is 4.79 Å². The normalized spacial score (nSPS) is 11.5. The minimum absolute atomic E-state index is 0.0850. The molecule has 22 heavy (non-hydrogen) atoms. The first-order chi connectivity index (χ1) is 10.4. The van der Waals surface area contributed by atoms with Gasteiger partial charge in [-0.25, -0.2) is 12.7 Å². The van der Waals surface area contributed by atoms with Gasteiger partial charge < -0.3 is 10.1 Å². The molecule has 6 nitrogen and oxygen atoms in total. The number of benzene rings is 1. The highest BCUT2D eigenvalue weighted by atomic mass is 32.2. The van der Waals surface area contributed by atoms with Crippen LogP contribution in [0.4, 0.5) is 0 Å². The minimum Gasteiger partial charge on any atom is -0.496 e. The highest BCUT2D eigenvalue weighted by Gasteiger charge is 2.17. The summed E-state index contributed by atoms with van der Waals surface area (Å²) in [4.78, 5) is 11.2. The SMILES string of the molecule is CCC(=O)NCCN(CCc1ccccc1OC)S(C)(=O)=O. The lowest BCUT2D eigenvalue weighted by atomic mass is 10.1. The molecule has 1 aromatic carbocycles. The summed E-state index contributed by atoms with van der Waals surface area (Å²) in [7, 11) is -1.73. The first-order valence-electron chi connectivity index (χ1n) is 7.22. The van der Waals surface area contributed by atoms with Gasteiger partial charge >= 0.3 is 0 Å². The van der Waals surface area contributed by atoms with Gasteiger partial charge in [0.15, 0.2) is 0 Å². The van der Waals surface area contributed by atoms with Crippen LogP contribution in [-0.2, 0) is 21.2 Å². The van der Waals surface area contributed by atoms with Crippen LogP contribution in [0.25, 0.3) is 0 Å². The summed E-state index contributed by atoms with van der Waals surface area (Å²) in [6.07, 6.45) is 2.12. The van der Waals surface area contributed by atoms with Crippen molar-refractivity contribution in [3.63, 3.8) is 0 Å². The molecule has 0 aliphatic heterocycles. The van der Waals surface area contributed by atoms with Gasteiger partial charge in [-0.15, -0.1) is 0 Å². The predicted octanol–water partition coefficient (Wildman–Crippen LogP) is 1.03. The quantitative estimate of drug-likeness (QED) is 0.734. The molecular formula is C15H24N2O4S. The second-order valence-electron chi connectivity index (χ2n) is 4.93. The zero-order chi connectivity index (χ0) is 16.6. The molecule has 1 amide bonds. The van der Waals surface area contributed by atoms with Gasteiger partial charge in [0.2, 0.25) is 15.9 Å². The van der Waals surface area contributed by atoms with Gasteiger partial charge in [-0.05, 0) is 18.1 Å². The van der Waals surface area contributed by atoms with Crippen molar-refractivity contribution in [3.05, 3.63) is 29.8 Å². The number of amides is 1. The molecule has 0 saturated heterocycles. The Labute approximate surface area is 132 Å². The van der Waals surface area contributed by atoms with E-state index < -0.39 is 10.0 Å². The van der Waals surface area contributed by atoms with Gasteiger partial charge in [0, 0.05) is 26.1 Å². The summed E-state index contributed by atoms with van der Waals surface area (Å²) in [5.41, 5.74) is 0.955. The molecule has 0 saturated carbocycles. The van der Waals surface area contributed by atoms with E-state index in [1.165, 1.54) is 10.6 Å². The van der Waals surface area contributed by atoms with Crippen LogP contribution in [0.1, 0.15) is 18.9 Å². The molecule has 0 bridgehead atoms. The second-order valence-corrected chi connectivity index (χ2v) is 6.91. The highest BCUT2D eigenvalue weighted by Crippen LogP contribution is 2.18. The molecule has 0 aliphatic rings. The maximum absolute atomic E-state index is 11.8. The van der Waals surface area contributed by atoms with Crippen LogP contribution in [-0.4, -0.2) is 51.6 Å². The molecule has 0 unspecified atom stereocenters. The maximum atomic E-state index is 11.8. The number of para-hydroxylation sites is 1. The van der Waals surface area contributed by atoms with E-state index in [-0.39, 0.29) is 12.5 Å². The fourth-order valence-electron chi connectivity index (χ4n) is 2.04. The fraction of sp³-hybridized carbons (Fsp3) is 0.533. The Morgan fingerprint density at radius 2 is 1.95 bits per heavy atom. The first kappa shape index (κ1) is 18.4. The highest BCUT2D eigenvalue weighted by molar-refractivity contribution is 7.88. The van der Waals surface area contributed by atoms with E-state index in [0.29, 0.717) is 25.9 Å². The lowest BCUT2D eigenvalue weighted by Crippen LogP contribution is -2.39. The van der Waals surface area contributed by atoms with Crippen LogP contribution >= 0.6 is 0 Å². The second kappa shape index (κ2) is 8.75. The molecule has 0 atom stereocenters. The molecule has 1 rings (SSSR count). The van der Waals surface area contributed by atoms with Gasteiger partial charge in [0.05, 0.1) is 13.4 Å². The first-order valence-corrected chi connectivity index (χ1v) is 9.07. The van der Waals surface area contributed by atoms with Crippen molar-refractivity contribution in [3.8, 4) is 5.75 Å². The summed E-state index contributed by atoms with van der Waals surface area (Å²) in [5.74, 6) is 0.661. The van der Waals surface area contributed by atoms with Crippen molar-refractivity contribution in [2.45, 2.75) is 19.8 Å². The Bertz CT molecular complexity index is 587. The molecule has 0 heterocycles. The molecule has 0 radical (unpaired) electrons. The lowest BCUT2D eigenvalue weighted by molar-refractivity contribution is -0.120. The summed E-state index contributed by atoms with van der Waals surface area (Å²) >= 11 is 0. The molecule has 0 fully saturated rings. The van der Waals surface area contributed by atoms with E-state index in [1.807, 2.05) is 24.3 Å². The minimum atomic E-state index is -3.32. The third-order valence-corrected chi connectivity index (χ3v) is 4.60. The molecule has 7 heteroatoms. The number of carbonyl (C=O) groups excluding carboxylic acids is 1. The van der Waals surface area contributed by atoms with Crippen molar-refractivity contribution in [1.82, 2.24) is 9.62 Å².